The van der Waals surface area contributed by atoms with Crippen LogP contribution in [0.2, 0.25) is 0 Å². The van der Waals surface area contributed by atoms with Crippen molar-refractivity contribution in [2.24, 2.45) is 0 Å². The molecule has 0 bridgehead atoms. The molecule has 5 aromatic rings. The van der Waals surface area contributed by atoms with Crippen molar-refractivity contribution in [3.63, 3.8) is 0 Å². The molecule has 0 unspecified atom stereocenters. The molecule has 0 atom stereocenters. The van der Waals surface area contributed by atoms with Gasteiger partial charge in [-0.05, 0) is 42.3 Å². The number of furan rings is 1. The van der Waals surface area contributed by atoms with E-state index in [1.165, 1.54) is 11.1 Å². The second kappa shape index (κ2) is 5.88. The fraction of sp³-hybridized carbons (Fsp3) is 0.0870. The fourth-order valence-corrected chi connectivity index (χ4v) is 3.44. The number of nitrogens with zero attached hydrogens (tertiary/aromatic N) is 2. The van der Waals surface area contributed by atoms with Crippen molar-refractivity contribution in [1.29, 1.82) is 0 Å². The van der Waals surface area contributed by atoms with Crippen LogP contribution in [0.1, 0.15) is 11.1 Å². The Hall–Kier alpha value is -3.33. The van der Waals surface area contributed by atoms with Crippen LogP contribution in [0, 0.1) is 6.92 Å². The molecule has 0 fully saturated rings. The Morgan fingerprint density at radius 1 is 0.885 bits per heavy atom. The Morgan fingerprint density at radius 2 is 1.69 bits per heavy atom. The van der Waals surface area contributed by atoms with Gasteiger partial charge in [0.15, 0.2) is 11.6 Å². The van der Waals surface area contributed by atoms with Gasteiger partial charge in [0.1, 0.15) is 5.58 Å². The van der Waals surface area contributed by atoms with Crippen molar-refractivity contribution < 1.29 is 4.42 Å². The van der Waals surface area contributed by atoms with Crippen LogP contribution in [-0.2, 0) is 6.54 Å². The second-order valence-corrected chi connectivity index (χ2v) is 6.65. The highest BCUT2D eigenvalue weighted by Crippen LogP contribution is 2.31. The van der Waals surface area contributed by atoms with E-state index in [4.69, 9.17) is 9.40 Å². The van der Waals surface area contributed by atoms with Crippen molar-refractivity contribution in [1.82, 2.24) is 9.55 Å². The monoisotopic (exact) mass is 338 g/mol. The third-order valence-corrected chi connectivity index (χ3v) is 4.73. The minimum Gasteiger partial charge on any atom is -0.453 e. The predicted octanol–water partition coefficient (Wildman–Crippen LogP) is 5.81. The topological polar surface area (TPSA) is 31.0 Å². The minimum absolute atomic E-state index is 0.757. The summed E-state index contributed by atoms with van der Waals surface area (Å²) in [5.74, 6) is 1.67. The lowest BCUT2D eigenvalue weighted by molar-refractivity contribution is 0.618. The van der Waals surface area contributed by atoms with Crippen LogP contribution in [0.25, 0.3) is 33.6 Å². The normalized spacial score (nSPS) is 11.4. The molecular formula is C23H18N2O. The highest BCUT2D eigenvalue weighted by atomic mass is 16.3. The third-order valence-electron chi connectivity index (χ3n) is 4.73. The number of aromatic nitrogens is 2. The molecule has 3 aromatic carbocycles. The second-order valence-electron chi connectivity index (χ2n) is 6.65. The van der Waals surface area contributed by atoms with Gasteiger partial charge in [-0.3, -0.25) is 0 Å². The fourth-order valence-electron chi connectivity index (χ4n) is 3.44. The van der Waals surface area contributed by atoms with Crippen LogP contribution >= 0.6 is 0 Å². The summed E-state index contributed by atoms with van der Waals surface area (Å²) >= 11 is 0. The number of hydrogen-bond acceptors (Lipinski definition) is 2. The van der Waals surface area contributed by atoms with E-state index in [-0.39, 0.29) is 0 Å². The summed E-state index contributed by atoms with van der Waals surface area (Å²) < 4.78 is 8.39. The number of imidazole rings is 1. The number of hydrogen-bond donors (Lipinski definition) is 0. The average Bonchev–Trinajstić information content (AvgIpc) is 3.24. The summed E-state index contributed by atoms with van der Waals surface area (Å²) in [4.78, 5) is 4.87. The Kier molecular flexibility index (Phi) is 3.39. The molecule has 0 aliphatic rings. The highest BCUT2D eigenvalue weighted by molar-refractivity contribution is 5.85. The summed E-state index contributed by atoms with van der Waals surface area (Å²) in [6.07, 6.45) is 0. The zero-order valence-electron chi connectivity index (χ0n) is 14.5. The smallest absolute Gasteiger partial charge is 0.177 e. The van der Waals surface area contributed by atoms with Gasteiger partial charge in [-0.15, -0.1) is 0 Å². The number of rotatable bonds is 3. The molecule has 2 heterocycles. The van der Waals surface area contributed by atoms with Crippen molar-refractivity contribution in [2.45, 2.75) is 13.5 Å². The lowest BCUT2D eigenvalue weighted by Crippen LogP contribution is -2.01. The number of benzene rings is 3. The summed E-state index contributed by atoms with van der Waals surface area (Å²) in [6.45, 7) is 2.83. The van der Waals surface area contributed by atoms with E-state index < -0.39 is 0 Å². The predicted molar refractivity (Wildman–Crippen MR) is 105 cm³/mol. The van der Waals surface area contributed by atoms with E-state index in [1.807, 2.05) is 18.2 Å². The maximum absolute atomic E-state index is 6.16. The molecule has 0 amide bonds. The first-order valence-electron chi connectivity index (χ1n) is 8.78. The largest absolute Gasteiger partial charge is 0.453 e. The zero-order valence-corrected chi connectivity index (χ0v) is 14.5. The molecule has 5 rings (SSSR count). The van der Waals surface area contributed by atoms with E-state index in [0.29, 0.717) is 0 Å². The average molecular weight is 338 g/mol. The molecule has 0 saturated carbocycles. The van der Waals surface area contributed by atoms with Crippen LogP contribution in [0.3, 0.4) is 0 Å². The van der Waals surface area contributed by atoms with Crippen LogP contribution in [0.5, 0.6) is 0 Å². The zero-order chi connectivity index (χ0) is 17.5. The van der Waals surface area contributed by atoms with Crippen molar-refractivity contribution in [3.8, 4) is 11.6 Å². The van der Waals surface area contributed by atoms with Gasteiger partial charge < -0.3 is 8.98 Å². The highest BCUT2D eigenvalue weighted by Gasteiger charge is 2.16. The maximum Gasteiger partial charge on any atom is 0.177 e. The Balaban J connectivity index is 1.72. The van der Waals surface area contributed by atoms with E-state index in [9.17, 15) is 0 Å². The first-order chi connectivity index (χ1) is 12.8. The molecule has 0 spiro atoms. The lowest BCUT2D eigenvalue weighted by atomic mass is 10.2. The first-order valence-corrected chi connectivity index (χ1v) is 8.78. The van der Waals surface area contributed by atoms with Gasteiger partial charge in [0.25, 0.3) is 0 Å². The summed E-state index contributed by atoms with van der Waals surface area (Å²) in [5, 5.41) is 1.10. The first kappa shape index (κ1) is 15.0. The quantitative estimate of drug-likeness (QED) is 0.416. The molecule has 126 valence electrons. The number of para-hydroxylation sites is 2. The van der Waals surface area contributed by atoms with Crippen LogP contribution in [-0.4, -0.2) is 9.55 Å². The SMILES string of the molecule is Cc1ccc2cc(-c3nc4ccccc4n3Cc3ccccc3)oc2c1. The number of aryl methyl sites for hydroxylation is 1. The van der Waals surface area contributed by atoms with E-state index in [2.05, 4.69) is 72.2 Å². The molecule has 26 heavy (non-hydrogen) atoms. The van der Waals surface area contributed by atoms with Crippen LogP contribution < -0.4 is 0 Å². The van der Waals surface area contributed by atoms with Crippen molar-refractivity contribution in [2.75, 3.05) is 0 Å². The molecule has 3 nitrogen and oxygen atoms in total. The maximum atomic E-state index is 6.16. The molecule has 0 aliphatic carbocycles. The molecule has 0 radical (unpaired) electrons. The van der Waals surface area contributed by atoms with Gasteiger partial charge in [0, 0.05) is 11.9 Å². The lowest BCUT2D eigenvalue weighted by Gasteiger charge is -2.08. The Morgan fingerprint density at radius 3 is 2.58 bits per heavy atom. The molecule has 2 aromatic heterocycles. The summed E-state index contributed by atoms with van der Waals surface area (Å²) in [7, 11) is 0. The molecule has 0 aliphatic heterocycles. The van der Waals surface area contributed by atoms with Gasteiger partial charge in [0.2, 0.25) is 0 Å². The Labute approximate surface area is 151 Å². The molecule has 0 N–H and O–H groups in total. The van der Waals surface area contributed by atoms with Crippen LogP contribution in [0.4, 0.5) is 0 Å². The van der Waals surface area contributed by atoms with Crippen molar-refractivity contribution in [3.05, 3.63) is 90.0 Å². The summed E-state index contributed by atoms with van der Waals surface area (Å²) in [6, 6.07) is 27.0. The van der Waals surface area contributed by atoms with Gasteiger partial charge in [-0.2, -0.15) is 0 Å². The van der Waals surface area contributed by atoms with Gasteiger partial charge in [-0.1, -0.05) is 54.6 Å². The van der Waals surface area contributed by atoms with Crippen LogP contribution in [0.15, 0.2) is 83.3 Å². The van der Waals surface area contributed by atoms with Gasteiger partial charge in [-0.25, -0.2) is 4.98 Å². The van der Waals surface area contributed by atoms with Gasteiger partial charge in [0.05, 0.1) is 11.0 Å². The number of fused-ring (bicyclic) bond motifs is 2. The van der Waals surface area contributed by atoms with E-state index in [0.717, 1.165) is 40.1 Å². The third kappa shape index (κ3) is 2.49. The summed E-state index contributed by atoms with van der Waals surface area (Å²) in [5.41, 5.74) is 5.43. The van der Waals surface area contributed by atoms with E-state index >= 15 is 0 Å². The molecule has 0 saturated heterocycles. The van der Waals surface area contributed by atoms with Gasteiger partial charge >= 0.3 is 0 Å². The Bertz CT molecular complexity index is 1220. The molecular weight excluding hydrogens is 320 g/mol. The minimum atomic E-state index is 0.757. The van der Waals surface area contributed by atoms with Crippen molar-refractivity contribution >= 4 is 22.0 Å². The standard InChI is InChI=1S/C23H18N2O/c1-16-11-12-18-14-22(26-21(18)13-16)23-24-19-9-5-6-10-20(19)25(23)15-17-7-3-2-4-8-17/h2-14H,15H2,1H3. The molecule has 3 heteroatoms. The van der Waals surface area contributed by atoms with E-state index in [1.54, 1.807) is 0 Å².